The van der Waals surface area contributed by atoms with Crippen LogP contribution in [-0.4, -0.2) is 23.0 Å². The summed E-state index contributed by atoms with van der Waals surface area (Å²) in [6.07, 6.45) is 0.715. The molecule has 1 heterocycles. The molecule has 1 N–H and O–H groups in total. The zero-order chi connectivity index (χ0) is 13.2. The van der Waals surface area contributed by atoms with Crippen molar-refractivity contribution < 1.29 is 4.79 Å². The zero-order valence-corrected chi connectivity index (χ0v) is 12.4. The Labute approximate surface area is 119 Å². The minimum Gasteiger partial charge on any atom is -0.333 e. The quantitative estimate of drug-likeness (QED) is 0.910. The van der Waals surface area contributed by atoms with Crippen LogP contribution in [0.5, 0.6) is 0 Å². The summed E-state index contributed by atoms with van der Waals surface area (Å²) in [7, 11) is 0. The second-order valence-corrected chi connectivity index (χ2v) is 6.49. The fourth-order valence-corrected chi connectivity index (χ4v) is 3.81. The molecule has 0 spiro atoms. The van der Waals surface area contributed by atoms with E-state index in [9.17, 15) is 10.1 Å². The van der Waals surface area contributed by atoms with Gasteiger partial charge in [0.2, 0.25) is 0 Å². The first-order valence-corrected chi connectivity index (χ1v) is 7.58. The van der Waals surface area contributed by atoms with E-state index in [2.05, 4.69) is 27.3 Å². The Morgan fingerprint density at radius 2 is 2.33 bits per heavy atom. The number of rotatable bonds is 2. The molecule has 1 unspecified atom stereocenters. The lowest BCUT2D eigenvalue weighted by Crippen LogP contribution is -2.47. The van der Waals surface area contributed by atoms with Crippen molar-refractivity contribution >= 4 is 33.6 Å². The topological polar surface area (TPSA) is 52.9 Å². The molecule has 0 bridgehead atoms. The Bertz CT molecular complexity index is 498. The van der Waals surface area contributed by atoms with Crippen LogP contribution in [0.25, 0.3) is 0 Å². The van der Waals surface area contributed by atoms with E-state index in [0.717, 1.165) is 15.8 Å². The van der Waals surface area contributed by atoms with Crippen molar-refractivity contribution in [2.75, 3.05) is 11.5 Å². The second-order valence-electron chi connectivity index (χ2n) is 4.47. The first-order chi connectivity index (χ1) is 8.54. The minimum atomic E-state index is -0.696. The zero-order valence-electron chi connectivity index (χ0n) is 10.00. The third-order valence-electron chi connectivity index (χ3n) is 2.89. The van der Waals surface area contributed by atoms with Crippen molar-refractivity contribution in [3.05, 3.63) is 33.8 Å². The van der Waals surface area contributed by atoms with E-state index in [0.29, 0.717) is 17.7 Å². The maximum absolute atomic E-state index is 12.2. The van der Waals surface area contributed by atoms with Gasteiger partial charge in [-0.2, -0.15) is 17.0 Å². The van der Waals surface area contributed by atoms with E-state index in [1.54, 1.807) is 17.8 Å². The summed E-state index contributed by atoms with van der Waals surface area (Å²) >= 11 is 5.08. The highest BCUT2D eigenvalue weighted by atomic mass is 79.9. The predicted octanol–water partition coefficient (Wildman–Crippen LogP) is 2.89. The molecule has 3 nitrogen and oxygen atoms in total. The molecule has 0 aliphatic carbocycles. The van der Waals surface area contributed by atoms with Gasteiger partial charge in [-0.3, -0.25) is 4.79 Å². The van der Waals surface area contributed by atoms with Crippen molar-refractivity contribution in [2.24, 2.45) is 0 Å². The van der Waals surface area contributed by atoms with E-state index >= 15 is 0 Å². The van der Waals surface area contributed by atoms with Gasteiger partial charge in [-0.25, -0.2) is 0 Å². The Balaban J connectivity index is 2.19. The summed E-state index contributed by atoms with van der Waals surface area (Å²) in [6, 6.07) is 7.79. The Hall–Kier alpha value is -0.990. The third-order valence-corrected chi connectivity index (χ3v) is 4.54. The highest BCUT2D eigenvalue weighted by Crippen LogP contribution is 2.28. The van der Waals surface area contributed by atoms with Gasteiger partial charge in [0.15, 0.2) is 0 Å². The highest BCUT2D eigenvalue weighted by molar-refractivity contribution is 9.10. The van der Waals surface area contributed by atoms with Crippen LogP contribution in [-0.2, 0) is 0 Å². The van der Waals surface area contributed by atoms with Crippen LogP contribution in [0.15, 0.2) is 22.7 Å². The maximum atomic E-state index is 12.2. The molecular formula is C13H13BrN2OS. The molecule has 2 rings (SSSR count). The number of carbonyl (C=O) groups excluding carboxylic acids is 1. The lowest BCUT2D eigenvalue weighted by atomic mass is 10.00. The van der Waals surface area contributed by atoms with Gasteiger partial charge < -0.3 is 5.32 Å². The number of aryl methyl sites for hydroxylation is 1. The molecule has 1 saturated heterocycles. The van der Waals surface area contributed by atoms with Crippen LogP contribution in [0.4, 0.5) is 0 Å². The summed E-state index contributed by atoms with van der Waals surface area (Å²) in [5, 5.41) is 12.1. The number of nitrogens with one attached hydrogen (secondary N) is 1. The van der Waals surface area contributed by atoms with E-state index in [4.69, 9.17) is 0 Å². The smallest absolute Gasteiger partial charge is 0.252 e. The summed E-state index contributed by atoms with van der Waals surface area (Å²) in [5.74, 6) is 1.41. The summed E-state index contributed by atoms with van der Waals surface area (Å²) < 4.78 is 0.874. The molecule has 1 fully saturated rings. The van der Waals surface area contributed by atoms with Gasteiger partial charge in [-0.1, -0.05) is 15.9 Å². The van der Waals surface area contributed by atoms with Gasteiger partial charge in [0.05, 0.1) is 6.07 Å². The fourth-order valence-electron chi connectivity index (χ4n) is 1.94. The van der Waals surface area contributed by atoms with Crippen molar-refractivity contribution in [1.82, 2.24) is 5.32 Å². The first kappa shape index (κ1) is 13.4. The Morgan fingerprint density at radius 3 is 2.89 bits per heavy atom. The standard InChI is InChI=1S/C13H13BrN2OS/c1-9-4-10(6-11(14)5-9)12(17)16-13(7-15)2-3-18-8-13/h4-6H,2-3,8H2,1H3,(H,16,17). The highest BCUT2D eigenvalue weighted by Gasteiger charge is 2.36. The number of hydrogen-bond donors (Lipinski definition) is 1. The molecule has 18 heavy (non-hydrogen) atoms. The number of thioether (sulfide) groups is 1. The number of benzene rings is 1. The van der Waals surface area contributed by atoms with Gasteiger partial charge in [0.25, 0.3) is 5.91 Å². The third kappa shape index (κ3) is 2.88. The fraction of sp³-hybridized carbons (Fsp3) is 0.385. The van der Waals surface area contributed by atoms with Crippen LogP contribution in [0.3, 0.4) is 0 Å². The van der Waals surface area contributed by atoms with Gasteiger partial charge >= 0.3 is 0 Å². The first-order valence-electron chi connectivity index (χ1n) is 5.63. The van der Waals surface area contributed by atoms with Gasteiger partial charge in [-0.15, -0.1) is 0 Å². The lowest BCUT2D eigenvalue weighted by molar-refractivity contribution is 0.0926. The van der Waals surface area contributed by atoms with E-state index in [1.165, 1.54) is 0 Å². The molecular weight excluding hydrogens is 312 g/mol. The number of amides is 1. The van der Waals surface area contributed by atoms with Crippen LogP contribution < -0.4 is 5.32 Å². The van der Waals surface area contributed by atoms with Crippen molar-refractivity contribution in [1.29, 1.82) is 5.26 Å². The Morgan fingerprint density at radius 1 is 1.56 bits per heavy atom. The number of halogens is 1. The van der Waals surface area contributed by atoms with Gasteiger partial charge in [0.1, 0.15) is 5.54 Å². The van der Waals surface area contributed by atoms with Crippen LogP contribution in [0.1, 0.15) is 22.3 Å². The van der Waals surface area contributed by atoms with E-state index < -0.39 is 5.54 Å². The number of nitrogens with zero attached hydrogens (tertiary/aromatic N) is 1. The molecule has 1 amide bonds. The number of carbonyl (C=O) groups is 1. The molecule has 1 aromatic carbocycles. The molecule has 94 valence electrons. The van der Waals surface area contributed by atoms with Crippen molar-refractivity contribution in [3.63, 3.8) is 0 Å². The second kappa shape index (κ2) is 5.33. The van der Waals surface area contributed by atoms with Gasteiger partial charge in [-0.05, 0) is 42.9 Å². The predicted molar refractivity (Wildman–Crippen MR) is 76.6 cm³/mol. The molecule has 1 aliphatic heterocycles. The molecule has 0 saturated carbocycles. The van der Waals surface area contributed by atoms with Crippen LogP contribution in [0, 0.1) is 18.3 Å². The molecule has 1 aliphatic rings. The molecule has 1 atom stereocenters. The summed E-state index contributed by atoms with van der Waals surface area (Å²) in [6.45, 7) is 1.94. The Kier molecular flexibility index (Phi) is 3.98. The molecule has 0 aromatic heterocycles. The average Bonchev–Trinajstić information content (AvgIpc) is 2.77. The van der Waals surface area contributed by atoms with E-state index in [-0.39, 0.29) is 5.91 Å². The number of nitriles is 1. The largest absolute Gasteiger partial charge is 0.333 e. The molecule has 0 radical (unpaired) electrons. The SMILES string of the molecule is Cc1cc(Br)cc(C(=O)NC2(C#N)CCSC2)c1. The normalized spacial score (nSPS) is 22.5. The van der Waals surface area contributed by atoms with Crippen LogP contribution >= 0.6 is 27.7 Å². The maximum Gasteiger partial charge on any atom is 0.252 e. The summed E-state index contributed by atoms with van der Waals surface area (Å²) in [4.78, 5) is 12.2. The average molecular weight is 325 g/mol. The minimum absolute atomic E-state index is 0.177. The van der Waals surface area contributed by atoms with E-state index in [1.807, 2.05) is 19.1 Å². The summed E-state index contributed by atoms with van der Waals surface area (Å²) in [5.41, 5.74) is 0.910. The molecule has 5 heteroatoms. The lowest BCUT2D eigenvalue weighted by Gasteiger charge is -2.21. The number of hydrogen-bond acceptors (Lipinski definition) is 3. The molecule has 1 aromatic rings. The monoisotopic (exact) mass is 324 g/mol. The van der Waals surface area contributed by atoms with Crippen molar-refractivity contribution in [2.45, 2.75) is 18.9 Å². The van der Waals surface area contributed by atoms with Crippen molar-refractivity contribution in [3.8, 4) is 6.07 Å². The van der Waals surface area contributed by atoms with Gasteiger partial charge in [0, 0.05) is 15.8 Å². The van der Waals surface area contributed by atoms with Crippen LogP contribution in [0.2, 0.25) is 0 Å².